The van der Waals surface area contributed by atoms with Crippen LogP contribution in [0.3, 0.4) is 0 Å². The number of piperidine rings is 1. The Kier molecular flexibility index (Phi) is 6.07. The normalized spacial score (nSPS) is 19.5. The van der Waals surface area contributed by atoms with Crippen molar-refractivity contribution in [1.82, 2.24) is 10.2 Å². The van der Waals surface area contributed by atoms with Crippen molar-refractivity contribution in [2.24, 2.45) is 5.92 Å². The highest BCUT2D eigenvalue weighted by atomic mass is 15.2. The number of nitrogens with zero attached hydrogens (tertiary/aromatic N) is 2. The first-order valence-electron chi connectivity index (χ1n) is 8.28. The van der Waals surface area contributed by atoms with Crippen LogP contribution in [-0.4, -0.2) is 44.7 Å². The van der Waals surface area contributed by atoms with Gasteiger partial charge in [-0.3, -0.25) is 0 Å². The fourth-order valence-electron chi connectivity index (χ4n) is 3.06. The van der Waals surface area contributed by atoms with Crippen molar-refractivity contribution in [2.45, 2.75) is 39.3 Å². The quantitative estimate of drug-likeness (QED) is 0.868. The lowest BCUT2D eigenvalue weighted by molar-refractivity contribution is 0.258. The molecule has 1 aromatic rings. The second-order valence-corrected chi connectivity index (χ2v) is 6.86. The summed E-state index contributed by atoms with van der Waals surface area (Å²) in [5.74, 6) is 0.699. The molecule has 0 saturated carbocycles. The summed E-state index contributed by atoms with van der Waals surface area (Å²) in [6.45, 7) is 8.89. The van der Waals surface area contributed by atoms with Gasteiger partial charge in [0.15, 0.2) is 0 Å². The van der Waals surface area contributed by atoms with E-state index in [2.05, 4.69) is 67.3 Å². The summed E-state index contributed by atoms with van der Waals surface area (Å²) in [7, 11) is 4.40. The number of para-hydroxylation sites is 1. The van der Waals surface area contributed by atoms with Gasteiger partial charge < -0.3 is 15.1 Å². The molecule has 1 atom stereocenters. The number of nitrogens with one attached hydrogen (secondary N) is 1. The van der Waals surface area contributed by atoms with Crippen LogP contribution in [0.2, 0.25) is 0 Å². The molecule has 118 valence electrons. The van der Waals surface area contributed by atoms with Gasteiger partial charge >= 0.3 is 0 Å². The van der Waals surface area contributed by atoms with Crippen molar-refractivity contribution < 1.29 is 0 Å². The Hall–Kier alpha value is -1.06. The van der Waals surface area contributed by atoms with E-state index in [4.69, 9.17) is 0 Å². The molecule has 0 aromatic heterocycles. The van der Waals surface area contributed by atoms with Crippen LogP contribution in [0.5, 0.6) is 0 Å². The summed E-state index contributed by atoms with van der Waals surface area (Å²) >= 11 is 0. The summed E-state index contributed by atoms with van der Waals surface area (Å²) in [6, 6.07) is 9.55. The molecule has 1 fully saturated rings. The maximum atomic E-state index is 3.58. The van der Waals surface area contributed by atoms with Crippen molar-refractivity contribution in [1.29, 1.82) is 0 Å². The molecule has 0 amide bonds. The van der Waals surface area contributed by atoms with Gasteiger partial charge in [-0.15, -0.1) is 0 Å². The van der Waals surface area contributed by atoms with E-state index in [1.165, 1.54) is 30.6 Å². The van der Waals surface area contributed by atoms with E-state index < -0.39 is 0 Å². The van der Waals surface area contributed by atoms with Gasteiger partial charge in [-0.1, -0.05) is 32.0 Å². The van der Waals surface area contributed by atoms with E-state index in [-0.39, 0.29) is 0 Å². The summed E-state index contributed by atoms with van der Waals surface area (Å²) < 4.78 is 0. The lowest BCUT2D eigenvalue weighted by atomic mass is 10.0. The van der Waals surface area contributed by atoms with Gasteiger partial charge in [0.25, 0.3) is 0 Å². The van der Waals surface area contributed by atoms with Gasteiger partial charge in [0.05, 0.1) is 0 Å². The second-order valence-electron chi connectivity index (χ2n) is 6.86. The highest BCUT2D eigenvalue weighted by Crippen LogP contribution is 2.25. The van der Waals surface area contributed by atoms with Gasteiger partial charge in [0, 0.05) is 31.4 Å². The predicted octanol–water partition coefficient (Wildman–Crippen LogP) is 2.96. The molecule has 0 spiro atoms. The van der Waals surface area contributed by atoms with Crippen molar-refractivity contribution in [2.75, 3.05) is 38.6 Å². The van der Waals surface area contributed by atoms with E-state index in [0.717, 1.165) is 19.6 Å². The molecular formula is C18H31N3. The van der Waals surface area contributed by atoms with Crippen LogP contribution in [0, 0.1) is 5.92 Å². The number of likely N-dealkylation sites (N-methyl/N-ethyl adjacent to an activating group) is 1. The lowest BCUT2D eigenvalue weighted by Crippen LogP contribution is -2.45. The molecule has 2 rings (SSSR count). The molecule has 1 aliphatic heterocycles. The molecule has 3 heteroatoms. The second kappa shape index (κ2) is 7.81. The van der Waals surface area contributed by atoms with Crippen LogP contribution in [0.25, 0.3) is 0 Å². The van der Waals surface area contributed by atoms with Crippen molar-refractivity contribution in [3.8, 4) is 0 Å². The Morgan fingerprint density at radius 2 is 2.05 bits per heavy atom. The van der Waals surface area contributed by atoms with Gasteiger partial charge in [-0.2, -0.15) is 0 Å². The third-order valence-electron chi connectivity index (χ3n) is 4.33. The summed E-state index contributed by atoms with van der Waals surface area (Å²) in [6.07, 6.45) is 2.61. The van der Waals surface area contributed by atoms with E-state index in [0.29, 0.717) is 12.0 Å². The zero-order valence-corrected chi connectivity index (χ0v) is 14.1. The SMILES string of the molecule is CC(C)CNCc1ccccc1N1CCCC(N(C)C)C1. The lowest BCUT2D eigenvalue weighted by Gasteiger charge is -2.38. The first-order valence-corrected chi connectivity index (χ1v) is 8.28. The fraction of sp³-hybridized carbons (Fsp3) is 0.667. The van der Waals surface area contributed by atoms with E-state index in [1.807, 2.05) is 0 Å². The predicted molar refractivity (Wildman–Crippen MR) is 91.9 cm³/mol. The van der Waals surface area contributed by atoms with Gasteiger partial charge in [-0.25, -0.2) is 0 Å². The smallest absolute Gasteiger partial charge is 0.0412 e. The molecular weight excluding hydrogens is 258 g/mol. The third-order valence-corrected chi connectivity index (χ3v) is 4.33. The largest absolute Gasteiger partial charge is 0.370 e. The van der Waals surface area contributed by atoms with Crippen molar-refractivity contribution in [3.05, 3.63) is 29.8 Å². The van der Waals surface area contributed by atoms with E-state index in [9.17, 15) is 0 Å². The zero-order valence-electron chi connectivity index (χ0n) is 14.1. The minimum Gasteiger partial charge on any atom is -0.370 e. The summed E-state index contributed by atoms with van der Waals surface area (Å²) in [5.41, 5.74) is 2.85. The zero-order chi connectivity index (χ0) is 15.2. The monoisotopic (exact) mass is 289 g/mol. The molecule has 0 radical (unpaired) electrons. The number of anilines is 1. The summed E-state index contributed by atoms with van der Waals surface area (Å²) in [4.78, 5) is 4.94. The molecule has 1 heterocycles. The number of hydrogen-bond donors (Lipinski definition) is 1. The Bertz CT molecular complexity index is 428. The average Bonchev–Trinajstić information content (AvgIpc) is 2.47. The standard InChI is InChI=1S/C18H31N3/c1-15(2)12-19-13-16-8-5-6-10-18(16)21-11-7-9-17(14-21)20(3)4/h5-6,8,10,15,17,19H,7,9,11-14H2,1-4H3. The van der Waals surface area contributed by atoms with Crippen LogP contribution >= 0.6 is 0 Å². The molecule has 1 aliphatic rings. The van der Waals surface area contributed by atoms with Gasteiger partial charge in [-0.05, 0) is 51.0 Å². The third kappa shape index (κ3) is 4.72. The molecule has 1 unspecified atom stereocenters. The molecule has 0 aliphatic carbocycles. The maximum absolute atomic E-state index is 3.58. The van der Waals surface area contributed by atoms with Gasteiger partial charge in [0.1, 0.15) is 0 Å². The van der Waals surface area contributed by atoms with Crippen LogP contribution in [0.4, 0.5) is 5.69 Å². The molecule has 21 heavy (non-hydrogen) atoms. The highest BCUT2D eigenvalue weighted by molar-refractivity contribution is 5.54. The van der Waals surface area contributed by atoms with Crippen LogP contribution < -0.4 is 10.2 Å². The van der Waals surface area contributed by atoms with Crippen LogP contribution in [0.1, 0.15) is 32.3 Å². The molecule has 1 aromatic carbocycles. The number of hydrogen-bond acceptors (Lipinski definition) is 3. The minimum absolute atomic E-state index is 0.676. The molecule has 0 bridgehead atoms. The van der Waals surface area contributed by atoms with Crippen LogP contribution in [-0.2, 0) is 6.54 Å². The topological polar surface area (TPSA) is 18.5 Å². The average molecular weight is 289 g/mol. The molecule has 1 saturated heterocycles. The Morgan fingerprint density at radius 3 is 2.76 bits per heavy atom. The Morgan fingerprint density at radius 1 is 1.29 bits per heavy atom. The Balaban J connectivity index is 2.04. The molecule has 1 N–H and O–H groups in total. The first kappa shape index (κ1) is 16.3. The number of benzene rings is 1. The maximum Gasteiger partial charge on any atom is 0.0412 e. The van der Waals surface area contributed by atoms with E-state index >= 15 is 0 Å². The van der Waals surface area contributed by atoms with Crippen molar-refractivity contribution in [3.63, 3.8) is 0 Å². The van der Waals surface area contributed by atoms with Crippen LogP contribution in [0.15, 0.2) is 24.3 Å². The first-order chi connectivity index (χ1) is 10.1. The Labute approximate surface area is 130 Å². The fourth-order valence-corrected chi connectivity index (χ4v) is 3.06. The minimum atomic E-state index is 0.676. The molecule has 3 nitrogen and oxygen atoms in total. The summed E-state index contributed by atoms with van der Waals surface area (Å²) in [5, 5.41) is 3.58. The van der Waals surface area contributed by atoms with E-state index in [1.54, 1.807) is 0 Å². The number of rotatable bonds is 6. The highest BCUT2D eigenvalue weighted by Gasteiger charge is 2.22. The van der Waals surface area contributed by atoms with Crippen molar-refractivity contribution >= 4 is 5.69 Å². The van der Waals surface area contributed by atoms with Gasteiger partial charge in [0.2, 0.25) is 0 Å².